The van der Waals surface area contributed by atoms with Crippen molar-refractivity contribution < 1.29 is 0 Å². The molecule has 16 heteroatoms. The van der Waals surface area contributed by atoms with E-state index in [9.17, 15) is 5.26 Å². The molecular formula is C96H58N16. The Bertz CT molecular complexity index is 6050. The molecular weight excluding hydrogens is 1380 g/mol. The fourth-order valence-electron chi connectivity index (χ4n) is 14.7. The fourth-order valence-corrected chi connectivity index (χ4v) is 14.7. The Morgan fingerprint density at radius 2 is 0.402 bits per heavy atom. The highest BCUT2D eigenvalue weighted by Crippen LogP contribution is 2.45. The zero-order valence-corrected chi connectivity index (χ0v) is 59.6. The average molecular weight is 1440 g/mol. The van der Waals surface area contributed by atoms with Gasteiger partial charge in [0.1, 0.15) is 0 Å². The Kier molecular flexibility index (Phi) is 16.5. The molecule has 0 N–H and O–H groups in total. The van der Waals surface area contributed by atoms with Crippen molar-refractivity contribution in [2.45, 2.75) is 0 Å². The van der Waals surface area contributed by atoms with Crippen LogP contribution in [0.1, 0.15) is 5.56 Å². The first-order valence-corrected chi connectivity index (χ1v) is 36.6. The highest BCUT2D eigenvalue weighted by atomic mass is 15.1. The van der Waals surface area contributed by atoms with Crippen molar-refractivity contribution in [2.24, 2.45) is 0 Å². The summed E-state index contributed by atoms with van der Waals surface area (Å²) in [6, 6.07) is 116. The van der Waals surface area contributed by atoms with E-state index in [1.807, 2.05) is 273 Å². The molecule has 0 saturated heterocycles. The summed E-state index contributed by atoms with van der Waals surface area (Å²) in [5.41, 5.74) is 16.2. The first-order chi connectivity index (χ1) is 55.4. The first kappa shape index (κ1) is 65.6. The third-order valence-electron chi connectivity index (χ3n) is 20.0. The van der Waals surface area contributed by atoms with Gasteiger partial charge in [-0.1, -0.05) is 303 Å². The zero-order valence-electron chi connectivity index (χ0n) is 59.6. The van der Waals surface area contributed by atoms with Crippen LogP contribution in [0.2, 0.25) is 0 Å². The van der Waals surface area contributed by atoms with Crippen LogP contribution in [0.5, 0.6) is 0 Å². The fraction of sp³-hybridized carbons (Fsp3) is 0. The van der Waals surface area contributed by atoms with E-state index in [4.69, 9.17) is 64.8 Å². The molecule has 522 valence electrons. The lowest BCUT2D eigenvalue weighted by Crippen LogP contribution is -2.06. The Balaban J connectivity index is 0.887. The minimum absolute atomic E-state index is 0.456. The summed E-state index contributed by atoms with van der Waals surface area (Å²) in [7, 11) is 0. The number of hydrogen-bond acceptors (Lipinski definition) is 14. The van der Waals surface area contributed by atoms with Gasteiger partial charge in [0.05, 0.1) is 57.5 Å². The molecule has 0 saturated carbocycles. The molecule has 7 heterocycles. The summed E-state index contributed by atoms with van der Waals surface area (Å²) < 4.78 is 4.54. The monoisotopic (exact) mass is 1430 g/mol. The number of benzene rings is 13. The van der Waals surface area contributed by atoms with Crippen LogP contribution >= 0.6 is 0 Å². The van der Waals surface area contributed by atoms with Crippen molar-refractivity contribution >= 4 is 43.6 Å². The van der Waals surface area contributed by atoms with Gasteiger partial charge in [0.2, 0.25) is 0 Å². The number of nitrogens with zero attached hydrogens (tertiary/aromatic N) is 16. The summed E-state index contributed by atoms with van der Waals surface area (Å²) in [6.45, 7) is 0. The van der Waals surface area contributed by atoms with Crippen molar-refractivity contribution in [3.05, 3.63) is 358 Å². The van der Waals surface area contributed by atoms with Crippen LogP contribution in [-0.2, 0) is 0 Å². The lowest BCUT2D eigenvalue weighted by Gasteiger charge is -2.20. The maximum Gasteiger partial charge on any atom is 0.164 e. The van der Waals surface area contributed by atoms with Crippen molar-refractivity contribution in [1.29, 1.82) is 5.26 Å². The number of hydrogen-bond donors (Lipinski definition) is 0. The largest absolute Gasteiger partial charge is 0.307 e. The molecule has 20 aromatic rings. The Hall–Kier alpha value is -15.9. The molecule has 112 heavy (non-hydrogen) atoms. The van der Waals surface area contributed by atoms with Gasteiger partial charge in [0, 0.05) is 93.9 Å². The molecule has 0 bridgehead atoms. The number of fused-ring (bicyclic) bond motifs is 6. The van der Waals surface area contributed by atoms with Crippen LogP contribution in [0.25, 0.3) is 203 Å². The van der Waals surface area contributed by atoms with Gasteiger partial charge < -0.3 is 9.13 Å². The Morgan fingerprint density at radius 1 is 0.196 bits per heavy atom. The SMILES string of the molecule is N#Cc1cccc(-c2c(-n3c4cc(-c5nc(-c6ccccc6)nc(-c6ccccc6)n5)ccc4c4ccc(-c5nc(-c6ccccc6)nc(-c6ccccc6)n5)cc43)cncc2-n2c3cc(-c4nc(-c5ccccc5)nc(-c5ccccc5)n4)ccc3c3ccc(-c4nc(-c5ccccc5)nc(-c5ccccc5)n4)cc32)c1. The maximum atomic E-state index is 11.0. The van der Waals surface area contributed by atoms with Crippen molar-refractivity contribution in [1.82, 2.24) is 73.9 Å². The molecule has 13 aromatic carbocycles. The van der Waals surface area contributed by atoms with Crippen LogP contribution in [0, 0.1) is 11.3 Å². The van der Waals surface area contributed by atoms with Gasteiger partial charge in [-0.3, -0.25) is 4.98 Å². The molecule has 0 radical (unpaired) electrons. The predicted octanol–water partition coefficient (Wildman–Crippen LogP) is 21.6. The average Bonchev–Trinajstić information content (AvgIpc) is 1.55. The number of aromatic nitrogens is 15. The van der Waals surface area contributed by atoms with Gasteiger partial charge in [0.15, 0.2) is 69.9 Å². The quantitative estimate of drug-likeness (QED) is 0.0938. The normalized spacial score (nSPS) is 11.4. The van der Waals surface area contributed by atoms with Gasteiger partial charge in [-0.2, -0.15) is 5.26 Å². The van der Waals surface area contributed by atoms with E-state index in [0.29, 0.717) is 86.8 Å². The number of nitriles is 1. The smallest absolute Gasteiger partial charge is 0.164 e. The summed E-state index contributed by atoms with van der Waals surface area (Å²) in [5, 5.41) is 14.7. The van der Waals surface area contributed by atoms with Crippen molar-refractivity contribution in [3.63, 3.8) is 0 Å². The van der Waals surface area contributed by atoms with E-state index in [-0.39, 0.29) is 0 Å². The van der Waals surface area contributed by atoms with Crippen LogP contribution in [-0.4, -0.2) is 73.9 Å². The molecule has 0 fully saturated rings. The van der Waals surface area contributed by atoms with Gasteiger partial charge in [0.25, 0.3) is 0 Å². The molecule has 0 unspecified atom stereocenters. The van der Waals surface area contributed by atoms with Crippen LogP contribution in [0.4, 0.5) is 0 Å². The summed E-state index contributed by atoms with van der Waals surface area (Å²) in [4.78, 5) is 68.1. The topological polar surface area (TPSA) is 201 Å². The van der Waals surface area contributed by atoms with E-state index in [1.165, 1.54) is 0 Å². The third-order valence-corrected chi connectivity index (χ3v) is 20.0. The third kappa shape index (κ3) is 12.3. The zero-order chi connectivity index (χ0) is 74.4. The molecule has 0 aliphatic heterocycles. The van der Waals surface area contributed by atoms with Crippen LogP contribution in [0.15, 0.2) is 352 Å². The summed E-state index contributed by atoms with van der Waals surface area (Å²) in [5.74, 6) is 6.10. The highest BCUT2D eigenvalue weighted by Gasteiger charge is 2.27. The molecule has 0 aliphatic rings. The van der Waals surface area contributed by atoms with Gasteiger partial charge in [-0.15, -0.1) is 0 Å². The van der Waals surface area contributed by atoms with Crippen molar-refractivity contribution in [3.8, 4) is 165 Å². The van der Waals surface area contributed by atoms with Gasteiger partial charge >= 0.3 is 0 Å². The second kappa shape index (κ2) is 28.1. The predicted molar refractivity (Wildman–Crippen MR) is 442 cm³/mol. The molecule has 0 amide bonds. The minimum atomic E-state index is 0.456. The standard InChI is InChI=1S/C96H58N16/c97-57-60-26-25-43-69(52-60)84-82(111-78-53-70(93-103-85(61-27-9-1-10-28-61)99-86(104-93)62-29-11-2-12-30-62)44-48-74(78)75-49-45-71(54-79(75)111)94-105-87(63-31-13-3-14-32-63)100-88(106-94)64-33-15-4-16-34-64)58-98-59-83(84)112-80-55-72(95-107-89(65-35-17-5-18-36-65)101-90(108-95)66-37-19-6-20-38-66)46-50-76(80)77-51-47-73(56-81(77)112)96-109-91(67-39-21-7-22-40-67)102-92(110-96)68-41-23-8-24-42-68/h1-56,58-59H. The molecule has 0 aliphatic carbocycles. The number of rotatable bonds is 15. The lowest BCUT2D eigenvalue weighted by molar-refractivity contribution is 1.07. The van der Waals surface area contributed by atoms with E-state index in [1.54, 1.807) is 0 Å². The Labute approximate surface area is 641 Å². The summed E-state index contributed by atoms with van der Waals surface area (Å²) >= 11 is 0. The minimum Gasteiger partial charge on any atom is -0.307 e. The van der Waals surface area contributed by atoms with Crippen molar-refractivity contribution in [2.75, 3.05) is 0 Å². The van der Waals surface area contributed by atoms with Crippen LogP contribution < -0.4 is 0 Å². The van der Waals surface area contributed by atoms with E-state index in [2.05, 4.69) is 94.1 Å². The second-order valence-corrected chi connectivity index (χ2v) is 27.0. The molecule has 0 spiro atoms. The Morgan fingerprint density at radius 3 is 0.616 bits per heavy atom. The highest BCUT2D eigenvalue weighted by molar-refractivity contribution is 6.14. The van der Waals surface area contributed by atoms with Gasteiger partial charge in [-0.05, 0) is 42.0 Å². The molecule has 7 aromatic heterocycles. The van der Waals surface area contributed by atoms with E-state index < -0.39 is 0 Å². The summed E-state index contributed by atoms with van der Waals surface area (Å²) in [6.07, 6.45) is 3.83. The lowest BCUT2D eigenvalue weighted by atomic mass is 10.0. The number of pyridine rings is 1. The second-order valence-electron chi connectivity index (χ2n) is 27.0. The maximum absolute atomic E-state index is 11.0. The first-order valence-electron chi connectivity index (χ1n) is 36.6. The van der Waals surface area contributed by atoms with E-state index >= 15 is 0 Å². The molecule has 0 atom stereocenters. The van der Waals surface area contributed by atoms with E-state index in [0.717, 1.165) is 122 Å². The van der Waals surface area contributed by atoms with Gasteiger partial charge in [-0.25, -0.2) is 59.8 Å². The molecule has 16 nitrogen and oxygen atoms in total. The molecule has 20 rings (SSSR count). The van der Waals surface area contributed by atoms with Crippen LogP contribution in [0.3, 0.4) is 0 Å².